The first kappa shape index (κ1) is 20.4. The van der Waals surface area contributed by atoms with Crippen molar-refractivity contribution >= 4 is 50.8 Å². The number of carbonyl (C=O) groups is 2. The van der Waals surface area contributed by atoms with Gasteiger partial charge in [0.15, 0.2) is 0 Å². The molecule has 3 aromatic rings. The Morgan fingerprint density at radius 2 is 1.80 bits per heavy atom. The average Bonchev–Trinajstić information content (AvgIpc) is 2.74. The van der Waals surface area contributed by atoms with Crippen LogP contribution in [0.4, 0.5) is 16.2 Å². The summed E-state index contributed by atoms with van der Waals surface area (Å²) in [5.74, 6) is -0.726. The molecule has 152 valence electrons. The lowest BCUT2D eigenvalue weighted by atomic mass is 9.94. The van der Waals surface area contributed by atoms with Crippen LogP contribution in [0.5, 0.6) is 0 Å². The van der Waals surface area contributed by atoms with E-state index in [0.29, 0.717) is 20.9 Å². The summed E-state index contributed by atoms with van der Waals surface area (Å²) in [5.41, 5.74) is -0.491. The molecule has 0 saturated heterocycles. The van der Waals surface area contributed by atoms with Crippen LogP contribution in [0.25, 0.3) is 0 Å². The highest BCUT2D eigenvalue weighted by atomic mass is 79.9. The molecule has 4 rings (SSSR count). The fourth-order valence-corrected chi connectivity index (χ4v) is 3.86. The minimum Gasteiger partial charge on any atom is -0.359 e. The molecule has 1 atom stereocenters. The van der Waals surface area contributed by atoms with Gasteiger partial charge in [-0.05, 0) is 48.0 Å². The van der Waals surface area contributed by atoms with Crippen LogP contribution < -0.4 is 15.5 Å². The zero-order chi connectivity index (χ0) is 21.3. The van der Waals surface area contributed by atoms with Crippen molar-refractivity contribution < 1.29 is 14.7 Å². The van der Waals surface area contributed by atoms with Crippen LogP contribution in [-0.4, -0.2) is 17.0 Å². The largest absolute Gasteiger partial charge is 0.359 e. The zero-order valence-electron chi connectivity index (χ0n) is 15.6. The topological polar surface area (TPSA) is 81.7 Å². The summed E-state index contributed by atoms with van der Waals surface area (Å²) in [6.45, 7) is 0.196. The molecule has 0 aliphatic carbocycles. The fourth-order valence-electron chi connectivity index (χ4n) is 3.37. The van der Waals surface area contributed by atoms with Gasteiger partial charge in [-0.1, -0.05) is 57.9 Å². The van der Waals surface area contributed by atoms with Crippen molar-refractivity contribution in [2.75, 3.05) is 10.2 Å². The Bertz CT molecular complexity index is 1110. The number of fused-ring (bicyclic) bond motifs is 1. The van der Waals surface area contributed by atoms with E-state index < -0.39 is 17.7 Å². The first-order valence-corrected chi connectivity index (χ1v) is 10.3. The molecule has 0 spiro atoms. The SMILES string of the molecule is O=C1Nc2ccc(Br)cc2C(O)(C(=O)NCc2ccccc2)N1c1ccc(Cl)cc1. The van der Waals surface area contributed by atoms with Crippen LogP contribution in [0.2, 0.25) is 5.02 Å². The van der Waals surface area contributed by atoms with E-state index in [1.807, 2.05) is 30.3 Å². The van der Waals surface area contributed by atoms with E-state index in [1.54, 1.807) is 42.5 Å². The number of aliphatic hydroxyl groups is 1. The summed E-state index contributed by atoms with van der Waals surface area (Å²) >= 11 is 9.35. The van der Waals surface area contributed by atoms with E-state index >= 15 is 0 Å². The number of nitrogens with zero attached hydrogens (tertiary/aromatic N) is 1. The van der Waals surface area contributed by atoms with Gasteiger partial charge in [-0.25, -0.2) is 4.79 Å². The van der Waals surface area contributed by atoms with Gasteiger partial charge in [0.1, 0.15) is 0 Å². The molecular weight excluding hydrogens is 470 g/mol. The third kappa shape index (κ3) is 3.67. The molecule has 1 aliphatic rings. The minimum absolute atomic E-state index is 0.196. The average molecular weight is 487 g/mol. The molecule has 0 saturated carbocycles. The van der Waals surface area contributed by atoms with E-state index in [1.165, 1.54) is 0 Å². The maximum absolute atomic E-state index is 13.3. The van der Waals surface area contributed by atoms with Crippen LogP contribution in [0, 0.1) is 0 Å². The number of carbonyl (C=O) groups excluding carboxylic acids is 2. The van der Waals surface area contributed by atoms with Crippen LogP contribution in [-0.2, 0) is 17.1 Å². The van der Waals surface area contributed by atoms with Crippen molar-refractivity contribution in [2.45, 2.75) is 12.3 Å². The summed E-state index contributed by atoms with van der Waals surface area (Å²) in [6, 6.07) is 20.0. The van der Waals surface area contributed by atoms with Crippen molar-refractivity contribution in [2.24, 2.45) is 0 Å². The summed E-state index contributed by atoms with van der Waals surface area (Å²) in [6.07, 6.45) is 0. The number of rotatable bonds is 4. The molecule has 1 unspecified atom stereocenters. The lowest BCUT2D eigenvalue weighted by molar-refractivity contribution is -0.140. The van der Waals surface area contributed by atoms with Gasteiger partial charge in [0, 0.05) is 27.3 Å². The molecule has 3 aromatic carbocycles. The van der Waals surface area contributed by atoms with Crippen LogP contribution in [0.1, 0.15) is 11.1 Å². The molecule has 1 heterocycles. The number of halogens is 2. The van der Waals surface area contributed by atoms with Gasteiger partial charge in [-0.3, -0.25) is 9.69 Å². The number of amides is 3. The summed E-state index contributed by atoms with van der Waals surface area (Å²) < 4.78 is 0.655. The van der Waals surface area contributed by atoms with Gasteiger partial charge in [-0.2, -0.15) is 0 Å². The molecule has 1 aliphatic heterocycles. The monoisotopic (exact) mass is 485 g/mol. The number of anilines is 2. The predicted molar refractivity (Wildman–Crippen MR) is 119 cm³/mol. The lowest BCUT2D eigenvalue weighted by Gasteiger charge is -2.42. The quantitative estimate of drug-likeness (QED) is 0.503. The second-order valence-corrected chi connectivity index (χ2v) is 8.12. The second kappa shape index (κ2) is 8.10. The summed E-state index contributed by atoms with van der Waals surface area (Å²) in [4.78, 5) is 27.3. The Morgan fingerprint density at radius 3 is 2.50 bits per heavy atom. The third-order valence-corrected chi connectivity index (χ3v) is 5.57. The standard InChI is InChI=1S/C22H17BrClN3O3/c23-15-6-11-19-18(12-15)22(30,20(28)25-13-14-4-2-1-3-5-14)27(21(29)26-19)17-9-7-16(24)8-10-17/h1-12,30H,13H2,(H,25,28)(H,26,29). The van der Waals surface area contributed by atoms with Gasteiger partial charge < -0.3 is 15.7 Å². The van der Waals surface area contributed by atoms with E-state index in [2.05, 4.69) is 26.6 Å². The highest BCUT2D eigenvalue weighted by molar-refractivity contribution is 9.10. The fraction of sp³-hybridized carbons (Fsp3) is 0.0909. The molecule has 30 heavy (non-hydrogen) atoms. The molecule has 0 aromatic heterocycles. The second-order valence-electron chi connectivity index (χ2n) is 6.77. The van der Waals surface area contributed by atoms with Crippen molar-refractivity contribution in [3.8, 4) is 0 Å². The van der Waals surface area contributed by atoms with Crippen LogP contribution >= 0.6 is 27.5 Å². The van der Waals surface area contributed by atoms with Crippen molar-refractivity contribution in [1.29, 1.82) is 0 Å². The van der Waals surface area contributed by atoms with Crippen molar-refractivity contribution in [3.63, 3.8) is 0 Å². The molecule has 0 radical (unpaired) electrons. The molecular formula is C22H17BrClN3O3. The van der Waals surface area contributed by atoms with Gasteiger partial charge in [0.05, 0.1) is 5.69 Å². The third-order valence-electron chi connectivity index (χ3n) is 4.82. The Labute approximate surface area is 186 Å². The Hall–Kier alpha value is -2.87. The smallest absolute Gasteiger partial charge is 0.329 e. The number of nitrogens with one attached hydrogen (secondary N) is 2. The van der Waals surface area contributed by atoms with Gasteiger partial charge in [0.25, 0.3) is 11.6 Å². The first-order chi connectivity index (χ1) is 14.4. The highest BCUT2D eigenvalue weighted by Gasteiger charge is 2.52. The number of hydrogen-bond acceptors (Lipinski definition) is 3. The van der Waals surface area contributed by atoms with E-state index in [0.717, 1.165) is 10.5 Å². The Morgan fingerprint density at radius 1 is 1.10 bits per heavy atom. The molecule has 0 fully saturated rings. The van der Waals surface area contributed by atoms with E-state index in [9.17, 15) is 14.7 Å². The Balaban J connectivity index is 1.79. The molecule has 6 nitrogen and oxygen atoms in total. The van der Waals surface area contributed by atoms with Crippen LogP contribution in [0.15, 0.2) is 77.3 Å². The number of urea groups is 1. The van der Waals surface area contributed by atoms with Crippen LogP contribution in [0.3, 0.4) is 0 Å². The van der Waals surface area contributed by atoms with E-state index in [-0.39, 0.29) is 12.1 Å². The summed E-state index contributed by atoms with van der Waals surface area (Å²) in [7, 11) is 0. The first-order valence-electron chi connectivity index (χ1n) is 9.11. The van der Waals surface area contributed by atoms with Gasteiger partial charge in [0.2, 0.25) is 0 Å². The zero-order valence-corrected chi connectivity index (χ0v) is 17.9. The van der Waals surface area contributed by atoms with Gasteiger partial charge in [-0.15, -0.1) is 0 Å². The van der Waals surface area contributed by atoms with Crippen molar-refractivity contribution in [1.82, 2.24) is 5.32 Å². The molecule has 0 bridgehead atoms. The van der Waals surface area contributed by atoms with Crippen molar-refractivity contribution in [3.05, 3.63) is 93.4 Å². The molecule has 3 amide bonds. The normalized spacial score (nSPS) is 17.8. The number of benzene rings is 3. The molecule has 3 N–H and O–H groups in total. The number of hydrogen-bond donors (Lipinski definition) is 3. The lowest BCUT2D eigenvalue weighted by Crippen LogP contribution is -2.62. The maximum Gasteiger partial charge on any atom is 0.329 e. The van der Waals surface area contributed by atoms with Gasteiger partial charge >= 0.3 is 6.03 Å². The van der Waals surface area contributed by atoms with E-state index in [4.69, 9.17) is 11.6 Å². The summed E-state index contributed by atoms with van der Waals surface area (Å²) in [5, 5.41) is 17.7. The Kier molecular flexibility index (Phi) is 5.51. The molecule has 8 heteroatoms. The highest BCUT2D eigenvalue weighted by Crippen LogP contribution is 2.41. The minimum atomic E-state index is -2.27. The maximum atomic E-state index is 13.3. The predicted octanol–water partition coefficient (Wildman–Crippen LogP) is 4.62.